The van der Waals surface area contributed by atoms with Gasteiger partial charge in [0.2, 0.25) is 0 Å². The summed E-state index contributed by atoms with van der Waals surface area (Å²) < 4.78 is 5.61. The number of nitrogens with one attached hydrogen (secondary N) is 1. The van der Waals surface area contributed by atoms with Crippen molar-refractivity contribution < 1.29 is 4.74 Å². The van der Waals surface area contributed by atoms with Crippen molar-refractivity contribution in [2.24, 2.45) is 5.92 Å². The molecule has 1 aliphatic rings. The molecule has 0 radical (unpaired) electrons. The van der Waals surface area contributed by atoms with E-state index in [9.17, 15) is 0 Å². The summed E-state index contributed by atoms with van der Waals surface area (Å²) in [5, 5.41) is 12.4. The predicted molar refractivity (Wildman–Crippen MR) is 62.3 cm³/mol. The molecule has 3 heteroatoms. The second-order valence-corrected chi connectivity index (χ2v) is 3.97. The molecule has 16 heavy (non-hydrogen) atoms. The topological polar surface area (TPSA) is 45.0 Å². The Balaban J connectivity index is 2.29. The first kappa shape index (κ1) is 11.0. The van der Waals surface area contributed by atoms with Crippen LogP contribution in [0.15, 0.2) is 24.3 Å². The molecule has 84 valence electrons. The number of hydrogen-bond donors (Lipinski definition) is 1. The van der Waals surface area contributed by atoms with E-state index in [4.69, 9.17) is 10.00 Å². The first-order valence-corrected chi connectivity index (χ1v) is 5.69. The summed E-state index contributed by atoms with van der Waals surface area (Å²) in [5.74, 6) is 1.23. The molecule has 3 nitrogen and oxygen atoms in total. The first-order valence-electron chi connectivity index (χ1n) is 5.69. The van der Waals surface area contributed by atoms with Gasteiger partial charge in [0.15, 0.2) is 0 Å². The standard InChI is InChI=1S/C13H16N2O/c1-2-16-13-6-4-3-5-11(13)12-9-15-8-10(12)7-14/h3-6,10,12,15H,2,8-9H2,1H3/t10-,12-/m0/s1. The molecule has 0 amide bonds. The molecule has 1 aliphatic heterocycles. The summed E-state index contributed by atoms with van der Waals surface area (Å²) in [5.41, 5.74) is 1.15. The summed E-state index contributed by atoms with van der Waals surface area (Å²) in [6, 6.07) is 10.4. The van der Waals surface area contributed by atoms with Crippen LogP contribution in [0.5, 0.6) is 5.75 Å². The van der Waals surface area contributed by atoms with Crippen molar-refractivity contribution in [3.05, 3.63) is 29.8 Å². The fraction of sp³-hybridized carbons (Fsp3) is 0.462. The number of nitriles is 1. The number of para-hydroxylation sites is 1. The summed E-state index contributed by atoms with van der Waals surface area (Å²) in [6.45, 7) is 4.28. The number of benzene rings is 1. The van der Waals surface area contributed by atoms with Crippen LogP contribution in [0.1, 0.15) is 18.4 Å². The van der Waals surface area contributed by atoms with E-state index in [2.05, 4.69) is 17.5 Å². The van der Waals surface area contributed by atoms with Crippen molar-refractivity contribution in [3.63, 3.8) is 0 Å². The van der Waals surface area contributed by atoms with Crippen LogP contribution in [0.25, 0.3) is 0 Å². The molecule has 0 unspecified atom stereocenters. The Labute approximate surface area is 96.0 Å². The van der Waals surface area contributed by atoms with Gasteiger partial charge in [-0.25, -0.2) is 0 Å². The Morgan fingerprint density at radius 1 is 1.44 bits per heavy atom. The molecule has 0 aromatic heterocycles. The second kappa shape index (κ2) is 5.00. The summed E-state index contributed by atoms with van der Waals surface area (Å²) >= 11 is 0. The molecule has 0 aliphatic carbocycles. The van der Waals surface area contributed by atoms with Crippen LogP contribution in [0.4, 0.5) is 0 Å². The van der Waals surface area contributed by atoms with Crippen molar-refractivity contribution in [1.29, 1.82) is 5.26 Å². The summed E-state index contributed by atoms with van der Waals surface area (Å²) in [6.07, 6.45) is 0. The number of nitrogens with zero attached hydrogens (tertiary/aromatic N) is 1. The molecule has 0 spiro atoms. The predicted octanol–water partition coefficient (Wildman–Crippen LogP) is 1.91. The van der Waals surface area contributed by atoms with Gasteiger partial charge in [-0.3, -0.25) is 0 Å². The Bertz CT molecular complexity index is 397. The monoisotopic (exact) mass is 216 g/mol. The van der Waals surface area contributed by atoms with Gasteiger partial charge in [0.25, 0.3) is 0 Å². The van der Waals surface area contributed by atoms with Crippen LogP contribution in [-0.2, 0) is 0 Å². The van der Waals surface area contributed by atoms with E-state index in [1.54, 1.807) is 0 Å². The minimum absolute atomic E-state index is 0.0570. The lowest BCUT2D eigenvalue weighted by Gasteiger charge is -2.17. The smallest absolute Gasteiger partial charge is 0.122 e. The molecule has 1 N–H and O–H groups in total. The maximum atomic E-state index is 9.09. The van der Waals surface area contributed by atoms with Gasteiger partial charge in [0, 0.05) is 19.0 Å². The van der Waals surface area contributed by atoms with Crippen molar-refractivity contribution in [2.75, 3.05) is 19.7 Å². The fourth-order valence-electron chi connectivity index (χ4n) is 2.21. The van der Waals surface area contributed by atoms with Crippen LogP contribution in [0.2, 0.25) is 0 Å². The normalized spacial score (nSPS) is 24.0. The average molecular weight is 216 g/mol. The van der Waals surface area contributed by atoms with E-state index in [1.807, 2.05) is 25.1 Å². The lowest BCUT2D eigenvalue weighted by molar-refractivity contribution is 0.333. The van der Waals surface area contributed by atoms with Gasteiger partial charge >= 0.3 is 0 Å². The van der Waals surface area contributed by atoms with Gasteiger partial charge < -0.3 is 10.1 Å². The van der Waals surface area contributed by atoms with E-state index < -0.39 is 0 Å². The zero-order valence-electron chi connectivity index (χ0n) is 9.44. The molecule has 2 rings (SSSR count). The molecule has 0 saturated carbocycles. The minimum Gasteiger partial charge on any atom is -0.494 e. The van der Waals surface area contributed by atoms with Crippen LogP contribution in [0.3, 0.4) is 0 Å². The lowest BCUT2D eigenvalue weighted by Crippen LogP contribution is -2.10. The summed E-state index contributed by atoms with van der Waals surface area (Å²) in [7, 11) is 0. The van der Waals surface area contributed by atoms with Crippen molar-refractivity contribution >= 4 is 0 Å². The van der Waals surface area contributed by atoms with Crippen LogP contribution in [-0.4, -0.2) is 19.7 Å². The van der Waals surface area contributed by atoms with E-state index in [0.717, 1.165) is 24.4 Å². The fourth-order valence-corrected chi connectivity index (χ4v) is 2.21. The van der Waals surface area contributed by atoms with Gasteiger partial charge in [0.1, 0.15) is 5.75 Å². The highest BCUT2D eigenvalue weighted by Crippen LogP contribution is 2.33. The molecule has 1 aromatic rings. The van der Waals surface area contributed by atoms with Crippen molar-refractivity contribution in [1.82, 2.24) is 5.32 Å². The van der Waals surface area contributed by atoms with Gasteiger partial charge in [-0.2, -0.15) is 5.26 Å². The van der Waals surface area contributed by atoms with Crippen molar-refractivity contribution in [2.45, 2.75) is 12.8 Å². The molecule has 1 aromatic carbocycles. The molecule has 1 fully saturated rings. The van der Waals surface area contributed by atoms with Gasteiger partial charge in [-0.1, -0.05) is 18.2 Å². The number of ether oxygens (including phenoxy) is 1. The Morgan fingerprint density at radius 3 is 3.00 bits per heavy atom. The average Bonchev–Trinajstić information content (AvgIpc) is 2.78. The highest BCUT2D eigenvalue weighted by atomic mass is 16.5. The Morgan fingerprint density at radius 2 is 2.25 bits per heavy atom. The van der Waals surface area contributed by atoms with Crippen LogP contribution >= 0.6 is 0 Å². The van der Waals surface area contributed by atoms with E-state index >= 15 is 0 Å². The van der Waals surface area contributed by atoms with Crippen molar-refractivity contribution in [3.8, 4) is 11.8 Å². The molecular weight excluding hydrogens is 200 g/mol. The minimum atomic E-state index is 0.0570. The van der Waals surface area contributed by atoms with E-state index in [-0.39, 0.29) is 11.8 Å². The summed E-state index contributed by atoms with van der Waals surface area (Å²) in [4.78, 5) is 0. The van der Waals surface area contributed by atoms with E-state index in [1.165, 1.54) is 0 Å². The number of rotatable bonds is 3. The Hall–Kier alpha value is -1.53. The quantitative estimate of drug-likeness (QED) is 0.839. The first-order chi connectivity index (χ1) is 7.86. The van der Waals surface area contributed by atoms with E-state index in [0.29, 0.717) is 6.61 Å². The zero-order valence-corrected chi connectivity index (χ0v) is 9.44. The number of hydrogen-bond acceptors (Lipinski definition) is 3. The maximum absolute atomic E-state index is 9.09. The van der Waals surface area contributed by atoms with Crippen LogP contribution in [0, 0.1) is 17.2 Å². The third-order valence-electron chi connectivity index (χ3n) is 3.00. The third-order valence-corrected chi connectivity index (χ3v) is 3.00. The molecule has 1 heterocycles. The maximum Gasteiger partial charge on any atom is 0.122 e. The molecular formula is C13H16N2O. The lowest BCUT2D eigenvalue weighted by atomic mass is 9.89. The van der Waals surface area contributed by atoms with Crippen LogP contribution < -0.4 is 10.1 Å². The molecule has 2 atom stereocenters. The Kier molecular flexibility index (Phi) is 3.43. The second-order valence-electron chi connectivity index (χ2n) is 3.97. The SMILES string of the molecule is CCOc1ccccc1[C@H]1CNC[C@@H]1C#N. The van der Waals surface area contributed by atoms with Gasteiger partial charge in [-0.15, -0.1) is 0 Å². The van der Waals surface area contributed by atoms with Gasteiger partial charge in [0.05, 0.1) is 18.6 Å². The van der Waals surface area contributed by atoms with Gasteiger partial charge in [-0.05, 0) is 18.6 Å². The molecule has 0 bridgehead atoms. The highest BCUT2D eigenvalue weighted by Gasteiger charge is 2.30. The highest BCUT2D eigenvalue weighted by molar-refractivity contribution is 5.38. The zero-order chi connectivity index (χ0) is 11.4. The molecule has 1 saturated heterocycles. The largest absolute Gasteiger partial charge is 0.494 e. The third kappa shape index (κ3) is 2.02.